The Hall–Kier alpha value is -2.62. The molecule has 0 saturated carbocycles. The predicted octanol–water partition coefficient (Wildman–Crippen LogP) is 4.75. The van der Waals surface area contributed by atoms with Gasteiger partial charge in [-0.2, -0.15) is 0 Å². The second-order valence-corrected chi connectivity index (χ2v) is 15.6. The molecule has 3 rings (SSSR count). The average molecular weight is 464 g/mol. The van der Waals surface area contributed by atoms with Crippen molar-refractivity contribution in [2.75, 3.05) is 32.8 Å². The van der Waals surface area contributed by atoms with E-state index < -0.39 is 19.1 Å². The summed E-state index contributed by atoms with van der Waals surface area (Å²) >= 11 is 0. The van der Waals surface area contributed by atoms with Crippen molar-refractivity contribution >= 4 is 25.9 Å². The van der Waals surface area contributed by atoms with Gasteiger partial charge in [-0.3, -0.25) is 10.1 Å². The Morgan fingerprint density at radius 1 is 0.969 bits per heavy atom. The molecule has 0 bridgehead atoms. The Morgan fingerprint density at radius 3 is 1.94 bits per heavy atom. The Kier molecular flexibility index (Phi) is 7.42. The molecule has 0 aromatic heterocycles. The van der Waals surface area contributed by atoms with Crippen LogP contribution in [0.25, 0.3) is 0 Å². The molecule has 9 nitrogen and oxygen atoms in total. The smallest absolute Gasteiger partial charge is 0.415 e. The van der Waals surface area contributed by atoms with Crippen LogP contribution in [0.4, 0.5) is 15.3 Å². The van der Waals surface area contributed by atoms with Gasteiger partial charge in [-0.15, -0.1) is 0 Å². The highest BCUT2D eigenvalue weighted by atomic mass is 28.3. The van der Waals surface area contributed by atoms with Gasteiger partial charge in [0.2, 0.25) is 0 Å². The summed E-state index contributed by atoms with van der Waals surface area (Å²) in [6.07, 6.45) is 2.95. The van der Waals surface area contributed by atoms with E-state index >= 15 is 0 Å². The lowest BCUT2D eigenvalue weighted by molar-refractivity contribution is -0.384. The van der Waals surface area contributed by atoms with Gasteiger partial charge in [-0.1, -0.05) is 19.6 Å². The third kappa shape index (κ3) is 6.44. The number of rotatable bonds is 5. The van der Waals surface area contributed by atoms with Crippen molar-refractivity contribution in [1.29, 1.82) is 0 Å². The molecule has 2 heterocycles. The van der Waals surface area contributed by atoms with Crippen molar-refractivity contribution in [3.8, 4) is 5.75 Å². The van der Waals surface area contributed by atoms with E-state index in [4.69, 9.17) is 9.47 Å². The van der Waals surface area contributed by atoms with Crippen LogP contribution < -0.4 is 4.74 Å². The van der Waals surface area contributed by atoms with Gasteiger partial charge in [0, 0.05) is 46.4 Å². The molecule has 0 aliphatic carbocycles. The van der Waals surface area contributed by atoms with E-state index in [0.29, 0.717) is 38.5 Å². The zero-order valence-electron chi connectivity index (χ0n) is 19.2. The van der Waals surface area contributed by atoms with Crippen molar-refractivity contribution in [3.63, 3.8) is 0 Å². The third-order valence-corrected chi connectivity index (χ3v) is 8.20. The number of carbonyl (C=O) groups excluding carboxylic acids is 2. The fourth-order valence-corrected chi connectivity index (χ4v) is 4.88. The molecule has 0 radical (unpaired) electrons. The van der Waals surface area contributed by atoms with Crippen molar-refractivity contribution in [2.45, 2.75) is 51.4 Å². The Bertz CT molecular complexity index is 821. The first-order valence-electron chi connectivity index (χ1n) is 11.2. The minimum absolute atomic E-state index is 0.0454. The lowest BCUT2D eigenvalue weighted by atomic mass is 9.71. The van der Waals surface area contributed by atoms with Crippen LogP contribution >= 0.6 is 0 Å². The molecule has 0 unspecified atom stereocenters. The molecule has 0 atom stereocenters. The summed E-state index contributed by atoms with van der Waals surface area (Å²) in [4.78, 5) is 38.5. The number of likely N-dealkylation sites (tertiary alicyclic amines) is 2. The van der Waals surface area contributed by atoms with Gasteiger partial charge >= 0.3 is 12.2 Å². The van der Waals surface area contributed by atoms with E-state index in [2.05, 4.69) is 19.6 Å². The number of nitro benzene ring substituents is 1. The van der Waals surface area contributed by atoms with E-state index in [1.807, 2.05) is 4.90 Å². The predicted molar refractivity (Wildman–Crippen MR) is 123 cm³/mol. The SMILES string of the molecule is C[Si](C)(C)CCOC(=O)N1CCC2(CC1)CCN(C(=O)Oc1ccc([N+](=O)[O-])cc1)CC2. The highest BCUT2D eigenvalue weighted by Gasteiger charge is 2.40. The summed E-state index contributed by atoms with van der Waals surface area (Å²) < 4.78 is 10.8. The molecule has 1 spiro atoms. The van der Waals surface area contributed by atoms with Gasteiger partial charge in [0.15, 0.2) is 0 Å². The molecule has 10 heteroatoms. The monoisotopic (exact) mass is 463 g/mol. The number of amides is 2. The van der Waals surface area contributed by atoms with E-state index in [-0.39, 0.29) is 17.2 Å². The fourth-order valence-electron chi connectivity index (χ4n) is 4.16. The molecule has 1 aromatic rings. The van der Waals surface area contributed by atoms with E-state index in [1.54, 1.807) is 4.90 Å². The first-order chi connectivity index (χ1) is 15.1. The maximum Gasteiger partial charge on any atom is 0.415 e. The standard InChI is InChI=1S/C22H33N3O6Si/c1-32(2,3)17-16-30-20(26)23-12-8-22(9-13-23)10-14-24(15-11-22)21(27)31-19-6-4-18(5-7-19)25(28)29/h4-7H,8-17H2,1-3H3. The van der Waals surface area contributed by atoms with Crippen LogP contribution in [0.1, 0.15) is 25.7 Å². The number of carbonyl (C=O) groups is 2. The third-order valence-electron chi connectivity index (χ3n) is 6.49. The second kappa shape index (κ2) is 9.89. The van der Waals surface area contributed by atoms with Gasteiger partial charge in [0.1, 0.15) is 5.75 Å². The molecular formula is C22H33N3O6Si. The zero-order chi connectivity index (χ0) is 23.4. The van der Waals surface area contributed by atoms with Gasteiger partial charge in [0.05, 0.1) is 11.5 Å². The Balaban J connectivity index is 1.42. The van der Waals surface area contributed by atoms with Crippen LogP contribution in [0.15, 0.2) is 24.3 Å². The van der Waals surface area contributed by atoms with Gasteiger partial charge in [-0.05, 0) is 49.3 Å². The number of nitro groups is 1. The first kappa shape index (κ1) is 24.0. The van der Waals surface area contributed by atoms with Crippen LogP contribution in [0.3, 0.4) is 0 Å². The summed E-state index contributed by atoms with van der Waals surface area (Å²) in [7, 11) is -1.22. The van der Waals surface area contributed by atoms with E-state index in [9.17, 15) is 19.7 Å². The molecule has 32 heavy (non-hydrogen) atoms. The molecule has 0 N–H and O–H groups in total. The van der Waals surface area contributed by atoms with Crippen LogP contribution in [-0.4, -0.2) is 67.8 Å². The second-order valence-electron chi connectivity index (χ2n) is 10.0. The minimum atomic E-state index is -1.22. The van der Waals surface area contributed by atoms with Gasteiger partial charge in [0.25, 0.3) is 5.69 Å². The summed E-state index contributed by atoms with van der Waals surface area (Å²) in [5, 5.41) is 10.7. The van der Waals surface area contributed by atoms with Crippen molar-refractivity contribution in [3.05, 3.63) is 34.4 Å². The molecule has 1 aromatic carbocycles. The molecule has 176 valence electrons. The van der Waals surface area contributed by atoms with E-state index in [1.165, 1.54) is 24.3 Å². The van der Waals surface area contributed by atoms with Crippen LogP contribution in [0.2, 0.25) is 25.7 Å². The number of hydrogen-bond acceptors (Lipinski definition) is 6. The normalized spacial score (nSPS) is 18.3. The lowest BCUT2D eigenvalue weighted by Crippen LogP contribution is -2.50. The van der Waals surface area contributed by atoms with Crippen LogP contribution in [0.5, 0.6) is 5.75 Å². The Morgan fingerprint density at radius 2 is 1.47 bits per heavy atom. The molecular weight excluding hydrogens is 430 g/mol. The number of piperidine rings is 2. The fraction of sp³-hybridized carbons (Fsp3) is 0.636. The summed E-state index contributed by atoms with van der Waals surface area (Å²) in [5.41, 5.74) is 0.107. The number of non-ortho nitro benzene ring substituents is 1. The van der Waals surface area contributed by atoms with Crippen LogP contribution in [-0.2, 0) is 4.74 Å². The highest BCUT2D eigenvalue weighted by molar-refractivity contribution is 6.76. The van der Waals surface area contributed by atoms with Crippen molar-refractivity contribution in [1.82, 2.24) is 9.80 Å². The van der Waals surface area contributed by atoms with E-state index in [0.717, 1.165) is 31.7 Å². The number of ether oxygens (including phenoxy) is 2. The largest absolute Gasteiger partial charge is 0.450 e. The van der Waals surface area contributed by atoms with Gasteiger partial charge in [-0.25, -0.2) is 9.59 Å². The Labute approximate surface area is 189 Å². The average Bonchev–Trinajstić information content (AvgIpc) is 2.74. The number of nitrogens with zero attached hydrogens (tertiary/aromatic N) is 3. The van der Waals surface area contributed by atoms with Gasteiger partial charge < -0.3 is 19.3 Å². The molecule has 2 fully saturated rings. The molecule has 2 amide bonds. The molecule has 2 saturated heterocycles. The maximum absolute atomic E-state index is 12.5. The molecule has 2 aliphatic rings. The summed E-state index contributed by atoms with van der Waals surface area (Å²) in [6, 6.07) is 6.47. The minimum Gasteiger partial charge on any atom is -0.450 e. The van der Waals surface area contributed by atoms with Crippen molar-refractivity contribution < 1.29 is 24.0 Å². The van der Waals surface area contributed by atoms with Crippen molar-refractivity contribution in [2.24, 2.45) is 5.41 Å². The zero-order valence-corrected chi connectivity index (χ0v) is 20.2. The summed E-state index contributed by atoms with van der Waals surface area (Å²) in [5.74, 6) is 0.293. The quantitative estimate of drug-likeness (QED) is 0.355. The first-order valence-corrected chi connectivity index (χ1v) is 14.9. The lowest BCUT2D eigenvalue weighted by Gasteiger charge is -2.46. The topological polar surface area (TPSA) is 102 Å². The molecule has 2 aliphatic heterocycles. The highest BCUT2D eigenvalue weighted by Crippen LogP contribution is 2.41. The van der Waals surface area contributed by atoms with Crippen LogP contribution in [0, 0.1) is 15.5 Å². The number of hydrogen-bond donors (Lipinski definition) is 0. The number of benzene rings is 1. The maximum atomic E-state index is 12.5. The summed E-state index contributed by atoms with van der Waals surface area (Å²) in [6.45, 7) is 9.89.